The molecule has 2 aromatic heterocycles. The number of ether oxygens (including phenoxy) is 3. The lowest BCUT2D eigenvalue weighted by Gasteiger charge is -2.32. The maximum atomic E-state index is 13.9. The zero-order chi connectivity index (χ0) is 27.7. The Morgan fingerprint density at radius 3 is 2.62 bits per heavy atom. The first-order valence-electron chi connectivity index (χ1n) is 12.8. The third-order valence-electron chi connectivity index (χ3n) is 6.95. The van der Waals surface area contributed by atoms with Gasteiger partial charge in [0.25, 0.3) is 5.56 Å². The first-order valence-corrected chi connectivity index (χ1v) is 13.6. The van der Waals surface area contributed by atoms with E-state index in [-0.39, 0.29) is 17.7 Å². The van der Waals surface area contributed by atoms with Gasteiger partial charge in [-0.3, -0.25) is 9.36 Å². The summed E-state index contributed by atoms with van der Waals surface area (Å²) in [5.41, 5.74) is 1.06. The Balaban J connectivity index is 1.63. The molecule has 0 aliphatic carbocycles. The second kappa shape index (κ2) is 11.1. The normalized spacial score (nSPS) is 18.1. The molecule has 2 aliphatic rings. The van der Waals surface area contributed by atoms with E-state index in [0.29, 0.717) is 37.9 Å². The molecule has 39 heavy (non-hydrogen) atoms. The molecule has 2 aliphatic heterocycles. The molecule has 0 spiro atoms. The van der Waals surface area contributed by atoms with Crippen molar-refractivity contribution in [1.29, 1.82) is 0 Å². The van der Waals surface area contributed by atoms with Crippen molar-refractivity contribution in [1.82, 2.24) is 9.47 Å². The number of benzene rings is 1. The van der Waals surface area contributed by atoms with Gasteiger partial charge in [0.15, 0.2) is 10.7 Å². The highest BCUT2D eigenvalue weighted by molar-refractivity contribution is 7.07. The summed E-state index contributed by atoms with van der Waals surface area (Å²) in [5.74, 6) is 1.89. The number of piperazine rings is 1. The van der Waals surface area contributed by atoms with Crippen LogP contribution in [-0.2, 0) is 9.53 Å². The third kappa shape index (κ3) is 5.11. The number of allylic oxidation sites excluding steroid dienone is 1. The predicted molar refractivity (Wildman–Crippen MR) is 148 cm³/mol. The minimum atomic E-state index is -0.815. The SMILES string of the molecule is CCOC(=O)C1=C(C)N=c2s/c(=C\c3ccc(N4CCN(C)CC4)o3)c(=O)n2[C@H]1c1cc(OC)ccc1OC. The van der Waals surface area contributed by atoms with Crippen LogP contribution in [-0.4, -0.2) is 69.5 Å². The van der Waals surface area contributed by atoms with Crippen LogP contribution in [0.3, 0.4) is 0 Å². The highest BCUT2D eigenvalue weighted by atomic mass is 32.1. The van der Waals surface area contributed by atoms with E-state index in [9.17, 15) is 9.59 Å². The van der Waals surface area contributed by atoms with Crippen LogP contribution >= 0.6 is 11.3 Å². The highest BCUT2D eigenvalue weighted by Gasteiger charge is 2.35. The summed E-state index contributed by atoms with van der Waals surface area (Å²) < 4.78 is 24.5. The highest BCUT2D eigenvalue weighted by Crippen LogP contribution is 2.37. The van der Waals surface area contributed by atoms with Crippen LogP contribution in [0.1, 0.15) is 31.2 Å². The first-order chi connectivity index (χ1) is 18.8. The van der Waals surface area contributed by atoms with E-state index in [0.717, 1.165) is 32.1 Å². The summed E-state index contributed by atoms with van der Waals surface area (Å²) in [5, 5.41) is 0. The van der Waals surface area contributed by atoms with Gasteiger partial charge in [-0.15, -0.1) is 0 Å². The number of fused-ring (bicyclic) bond motifs is 1. The van der Waals surface area contributed by atoms with Crippen molar-refractivity contribution in [3.05, 3.63) is 72.6 Å². The predicted octanol–water partition coefficient (Wildman–Crippen LogP) is 2.16. The van der Waals surface area contributed by atoms with E-state index < -0.39 is 12.0 Å². The molecule has 10 nitrogen and oxygen atoms in total. The lowest BCUT2D eigenvalue weighted by molar-refractivity contribution is -0.139. The number of nitrogens with zero attached hydrogens (tertiary/aromatic N) is 4. The van der Waals surface area contributed by atoms with E-state index in [1.54, 1.807) is 52.3 Å². The van der Waals surface area contributed by atoms with Crippen molar-refractivity contribution in [3.63, 3.8) is 0 Å². The summed E-state index contributed by atoms with van der Waals surface area (Å²) >= 11 is 1.24. The summed E-state index contributed by atoms with van der Waals surface area (Å²) in [6.45, 7) is 7.36. The number of aromatic nitrogens is 1. The largest absolute Gasteiger partial charge is 0.497 e. The number of carbonyl (C=O) groups excluding carboxylic acids is 1. The number of carbonyl (C=O) groups is 1. The summed E-state index contributed by atoms with van der Waals surface area (Å²) in [4.78, 5) is 36.7. The Morgan fingerprint density at radius 2 is 1.92 bits per heavy atom. The van der Waals surface area contributed by atoms with Crippen LogP contribution in [0.25, 0.3) is 6.08 Å². The van der Waals surface area contributed by atoms with Gasteiger partial charge in [0.05, 0.1) is 36.6 Å². The number of anilines is 1. The van der Waals surface area contributed by atoms with E-state index in [2.05, 4.69) is 21.8 Å². The lowest BCUT2D eigenvalue weighted by atomic mass is 9.95. The number of furan rings is 1. The molecule has 5 rings (SSSR count). The molecule has 1 fully saturated rings. The minimum absolute atomic E-state index is 0.191. The fourth-order valence-electron chi connectivity index (χ4n) is 4.88. The fraction of sp³-hybridized carbons (Fsp3) is 0.393. The van der Waals surface area contributed by atoms with Crippen molar-refractivity contribution < 1.29 is 23.4 Å². The second-order valence-electron chi connectivity index (χ2n) is 9.38. The van der Waals surface area contributed by atoms with E-state index in [4.69, 9.17) is 18.6 Å². The fourth-order valence-corrected chi connectivity index (χ4v) is 5.91. The number of methoxy groups -OCH3 is 2. The summed E-state index contributed by atoms with van der Waals surface area (Å²) in [6, 6.07) is 8.27. The summed E-state index contributed by atoms with van der Waals surface area (Å²) in [6.07, 6.45) is 1.73. The first kappa shape index (κ1) is 26.8. The molecule has 1 atom stereocenters. The Kier molecular flexibility index (Phi) is 7.62. The van der Waals surface area contributed by atoms with Crippen LogP contribution in [0, 0.1) is 0 Å². The average molecular weight is 553 g/mol. The average Bonchev–Trinajstić information content (AvgIpc) is 3.52. The zero-order valence-electron chi connectivity index (χ0n) is 22.7. The van der Waals surface area contributed by atoms with Gasteiger partial charge in [-0.05, 0) is 45.2 Å². The van der Waals surface area contributed by atoms with Crippen molar-refractivity contribution >= 4 is 29.3 Å². The van der Waals surface area contributed by atoms with Crippen LogP contribution in [0.15, 0.2) is 55.8 Å². The minimum Gasteiger partial charge on any atom is -0.497 e. The monoisotopic (exact) mass is 552 g/mol. The number of rotatable bonds is 7. The van der Waals surface area contributed by atoms with Gasteiger partial charge in [-0.1, -0.05) is 11.3 Å². The molecular formula is C28H32N4O6S. The van der Waals surface area contributed by atoms with E-state index in [1.807, 2.05) is 12.1 Å². The molecule has 0 radical (unpaired) electrons. The molecule has 0 unspecified atom stereocenters. The molecule has 11 heteroatoms. The molecule has 0 saturated carbocycles. The maximum Gasteiger partial charge on any atom is 0.338 e. The van der Waals surface area contributed by atoms with Crippen molar-refractivity contribution in [2.45, 2.75) is 19.9 Å². The smallest absolute Gasteiger partial charge is 0.338 e. The topological polar surface area (TPSA) is 98.7 Å². The van der Waals surface area contributed by atoms with Crippen molar-refractivity contribution in [2.24, 2.45) is 4.99 Å². The number of hydrogen-bond donors (Lipinski definition) is 0. The molecular weight excluding hydrogens is 520 g/mol. The van der Waals surface area contributed by atoms with Crippen LogP contribution in [0.5, 0.6) is 11.5 Å². The molecule has 1 aromatic carbocycles. The maximum absolute atomic E-state index is 13.9. The zero-order valence-corrected chi connectivity index (χ0v) is 23.5. The number of esters is 1. The standard InChI is InChI=1S/C28H32N4O6S/c1-6-37-27(34)24-17(2)29-28-32(25(24)20-15-18(35-4)7-9-21(20)36-5)26(33)22(39-28)16-19-8-10-23(38-19)31-13-11-30(3)12-14-31/h7-10,15-16,25H,6,11-14H2,1-5H3/b22-16-/t25-/m0/s1. The van der Waals surface area contributed by atoms with E-state index >= 15 is 0 Å². The molecule has 0 N–H and O–H groups in total. The van der Waals surface area contributed by atoms with E-state index in [1.165, 1.54) is 15.9 Å². The van der Waals surface area contributed by atoms with Gasteiger partial charge in [0.1, 0.15) is 23.3 Å². The third-order valence-corrected chi connectivity index (χ3v) is 7.93. The Labute approximate surface area is 230 Å². The second-order valence-corrected chi connectivity index (χ2v) is 10.4. The Bertz CT molecular complexity index is 1590. The number of likely N-dealkylation sites (N-methyl/N-ethyl adjacent to an activating group) is 1. The lowest BCUT2D eigenvalue weighted by Crippen LogP contribution is -2.44. The molecule has 0 bridgehead atoms. The van der Waals surface area contributed by atoms with Crippen LogP contribution in [0.2, 0.25) is 0 Å². The van der Waals surface area contributed by atoms with Gasteiger partial charge < -0.3 is 28.4 Å². The van der Waals surface area contributed by atoms with Gasteiger partial charge in [0, 0.05) is 43.9 Å². The molecule has 206 valence electrons. The van der Waals surface area contributed by atoms with Crippen LogP contribution in [0.4, 0.5) is 5.88 Å². The van der Waals surface area contributed by atoms with Crippen molar-refractivity contribution in [3.8, 4) is 11.5 Å². The number of thiazole rings is 1. The van der Waals surface area contributed by atoms with Crippen molar-refractivity contribution in [2.75, 3.05) is 59.0 Å². The Morgan fingerprint density at radius 1 is 1.15 bits per heavy atom. The Hall–Kier alpha value is -3.83. The number of hydrogen-bond acceptors (Lipinski definition) is 10. The molecule has 0 amide bonds. The van der Waals surface area contributed by atoms with Gasteiger partial charge in [-0.25, -0.2) is 9.79 Å². The van der Waals surface area contributed by atoms with Gasteiger partial charge in [-0.2, -0.15) is 0 Å². The van der Waals surface area contributed by atoms with Crippen LogP contribution < -0.4 is 29.3 Å². The quantitative estimate of drug-likeness (QED) is 0.412. The molecule has 1 saturated heterocycles. The van der Waals surface area contributed by atoms with Gasteiger partial charge in [0.2, 0.25) is 0 Å². The molecule has 3 aromatic rings. The molecule has 4 heterocycles. The van der Waals surface area contributed by atoms with Gasteiger partial charge >= 0.3 is 5.97 Å². The summed E-state index contributed by atoms with van der Waals surface area (Å²) in [7, 11) is 5.21.